The highest BCUT2D eigenvalue weighted by Crippen LogP contribution is 2.29. The molecule has 0 spiro atoms. The number of hydrogen-bond acceptors (Lipinski definition) is 3. The van der Waals surface area contributed by atoms with Crippen LogP contribution in [0.25, 0.3) is 0 Å². The van der Waals surface area contributed by atoms with Crippen LogP contribution in [0.3, 0.4) is 0 Å². The molecule has 0 atom stereocenters. The Morgan fingerprint density at radius 2 is 2.06 bits per heavy atom. The summed E-state index contributed by atoms with van der Waals surface area (Å²) >= 11 is 5.87. The summed E-state index contributed by atoms with van der Waals surface area (Å²) in [5.74, 6) is 0.449. The van der Waals surface area contributed by atoms with Crippen molar-refractivity contribution in [1.82, 2.24) is 0 Å². The van der Waals surface area contributed by atoms with Crippen LogP contribution in [0.15, 0.2) is 18.2 Å². The van der Waals surface area contributed by atoms with E-state index >= 15 is 0 Å². The normalized spacial score (nSPS) is 17.8. The highest BCUT2D eigenvalue weighted by atomic mass is 35.5. The lowest BCUT2D eigenvalue weighted by Gasteiger charge is -2.33. The largest absolute Gasteiger partial charge is 0.397 e. The van der Waals surface area contributed by atoms with Gasteiger partial charge in [0.05, 0.1) is 11.4 Å². The molecule has 2 rings (SSSR count). The van der Waals surface area contributed by atoms with E-state index in [1.165, 1.54) is 0 Å². The molecule has 0 aromatic heterocycles. The number of nitrogen functional groups attached to an aromatic ring is 1. The van der Waals surface area contributed by atoms with Gasteiger partial charge in [-0.05, 0) is 37.0 Å². The second kappa shape index (κ2) is 4.93. The maximum absolute atomic E-state index is 9.08. The summed E-state index contributed by atoms with van der Waals surface area (Å²) in [4.78, 5) is 2.26. The van der Waals surface area contributed by atoms with E-state index < -0.39 is 0 Å². The summed E-state index contributed by atoms with van der Waals surface area (Å²) in [6, 6.07) is 5.62. The molecule has 0 aliphatic carbocycles. The number of anilines is 2. The van der Waals surface area contributed by atoms with Crippen LogP contribution in [0.2, 0.25) is 5.02 Å². The zero-order chi connectivity index (χ0) is 11.5. The average Bonchev–Trinajstić information content (AvgIpc) is 2.29. The molecule has 0 amide bonds. The molecule has 0 radical (unpaired) electrons. The Labute approximate surface area is 101 Å². The van der Waals surface area contributed by atoms with Crippen molar-refractivity contribution in [2.24, 2.45) is 5.92 Å². The number of nitrogens with two attached hydrogens (primary N) is 1. The van der Waals surface area contributed by atoms with Gasteiger partial charge in [0.25, 0.3) is 0 Å². The molecule has 4 heteroatoms. The van der Waals surface area contributed by atoms with E-state index in [0.29, 0.717) is 17.5 Å². The first-order chi connectivity index (χ1) is 7.70. The Morgan fingerprint density at radius 1 is 1.38 bits per heavy atom. The second-order valence-electron chi connectivity index (χ2n) is 4.32. The maximum atomic E-state index is 9.08. The molecule has 1 aromatic rings. The van der Waals surface area contributed by atoms with Crippen molar-refractivity contribution in [2.45, 2.75) is 12.8 Å². The first-order valence-corrected chi connectivity index (χ1v) is 5.99. The van der Waals surface area contributed by atoms with Crippen LogP contribution >= 0.6 is 11.6 Å². The average molecular weight is 241 g/mol. The minimum absolute atomic E-state index is 0.296. The summed E-state index contributed by atoms with van der Waals surface area (Å²) in [5, 5.41) is 9.75. The van der Waals surface area contributed by atoms with Gasteiger partial charge in [-0.25, -0.2) is 0 Å². The van der Waals surface area contributed by atoms with Gasteiger partial charge in [0, 0.05) is 24.7 Å². The highest BCUT2D eigenvalue weighted by Gasteiger charge is 2.19. The number of rotatable bonds is 2. The van der Waals surface area contributed by atoms with E-state index in [0.717, 1.165) is 37.3 Å². The Balaban J connectivity index is 2.08. The Morgan fingerprint density at radius 3 is 2.62 bits per heavy atom. The van der Waals surface area contributed by atoms with Gasteiger partial charge >= 0.3 is 0 Å². The minimum atomic E-state index is 0.296. The molecule has 0 bridgehead atoms. The van der Waals surface area contributed by atoms with Gasteiger partial charge in [-0.1, -0.05) is 11.6 Å². The van der Waals surface area contributed by atoms with E-state index in [-0.39, 0.29) is 0 Å². The summed E-state index contributed by atoms with van der Waals surface area (Å²) in [6.45, 7) is 2.21. The van der Waals surface area contributed by atoms with Crippen LogP contribution < -0.4 is 10.6 Å². The molecule has 16 heavy (non-hydrogen) atoms. The van der Waals surface area contributed by atoms with E-state index in [1.807, 2.05) is 12.1 Å². The molecule has 1 heterocycles. The summed E-state index contributed by atoms with van der Waals surface area (Å²) in [6.07, 6.45) is 2.05. The first kappa shape index (κ1) is 11.6. The predicted molar refractivity (Wildman–Crippen MR) is 67.9 cm³/mol. The third-order valence-electron chi connectivity index (χ3n) is 3.20. The Kier molecular flexibility index (Phi) is 3.56. The van der Waals surface area contributed by atoms with Crippen molar-refractivity contribution >= 4 is 23.0 Å². The molecule has 0 unspecified atom stereocenters. The number of piperidine rings is 1. The number of benzene rings is 1. The molecule has 1 aromatic carbocycles. The van der Waals surface area contributed by atoms with Crippen LogP contribution in [-0.4, -0.2) is 24.8 Å². The molecular weight excluding hydrogens is 224 g/mol. The number of aliphatic hydroxyl groups is 1. The van der Waals surface area contributed by atoms with Crippen molar-refractivity contribution in [3.8, 4) is 0 Å². The van der Waals surface area contributed by atoms with Crippen molar-refractivity contribution in [3.05, 3.63) is 23.2 Å². The van der Waals surface area contributed by atoms with Crippen molar-refractivity contribution in [3.63, 3.8) is 0 Å². The lowest BCUT2D eigenvalue weighted by Crippen LogP contribution is -2.35. The van der Waals surface area contributed by atoms with Gasteiger partial charge in [0.1, 0.15) is 0 Å². The third-order valence-corrected chi connectivity index (χ3v) is 3.44. The first-order valence-electron chi connectivity index (χ1n) is 5.61. The Bertz CT molecular complexity index is 362. The molecule has 1 fully saturated rings. The predicted octanol–water partition coefficient (Wildman–Crippen LogP) is 2.13. The van der Waals surface area contributed by atoms with Crippen LogP contribution in [0.4, 0.5) is 11.4 Å². The summed E-state index contributed by atoms with van der Waals surface area (Å²) in [5.41, 5.74) is 7.73. The molecule has 1 aliphatic rings. The molecule has 88 valence electrons. The molecule has 3 N–H and O–H groups in total. The number of hydrogen-bond donors (Lipinski definition) is 2. The SMILES string of the molecule is Nc1cc(Cl)ccc1N1CCC(CO)CC1. The smallest absolute Gasteiger partial charge is 0.0600 e. The Hall–Kier alpha value is -0.930. The molecule has 1 aliphatic heterocycles. The topological polar surface area (TPSA) is 49.5 Å². The third kappa shape index (κ3) is 2.42. The zero-order valence-corrected chi connectivity index (χ0v) is 9.95. The number of nitrogens with zero attached hydrogens (tertiary/aromatic N) is 1. The fraction of sp³-hybridized carbons (Fsp3) is 0.500. The molecule has 3 nitrogen and oxygen atoms in total. The van der Waals surface area contributed by atoms with Crippen LogP contribution in [-0.2, 0) is 0 Å². The highest BCUT2D eigenvalue weighted by molar-refractivity contribution is 6.31. The van der Waals surface area contributed by atoms with E-state index in [1.54, 1.807) is 6.07 Å². The fourth-order valence-corrected chi connectivity index (χ4v) is 2.35. The van der Waals surface area contributed by atoms with E-state index in [4.69, 9.17) is 22.4 Å². The van der Waals surface area contributed by atoms with Gasteiger partial charge in [0.15, 0.2) is 0 Å². The van der Waals surface area contributed by atoms with Crippen LogP contribution in [0, 0.1) is 5.92 Å². The van der Waals surface area contributed by atoms with Crippen molar-refractivity contribution in [1.29, 1.82) is 0 Å². The maximum Gasteiger partial charge on any atom is 0.0600 e. The van der Waals surface area contributed by atoms with Crippen LogP contribution in [0.1, 0.15) is 12.8 Å². The monoisotopic (exact) mass is 240 g/mol. The van der Waals surface area contributed by atoms with Gasteiger partial charge in [-0.2, -0.15) is 0 Å². The zero-order valence-electron chi connectivity index (χ0n) is 9.19. The standard InChI is InChI=1S/C12H17ClN2O/c13-10-1-2-12(11(14)7-10)15-5-3-9(8-16)4-6-15/h1-2,7,9,16H,3-6,8,14H2. The lowest BCUT2D eigenvalue weighted by molar-refractivity contribution is 0.203. The second-order valence-corrected chi connectivity index (χ2v) is 4.75. The summed E-state index contributed by atoms with van der Waals surface area (Å²) in [7, 11) is 0. The van der Waals surface area contributed by atoms with Gasteiger partial charge < -0.3 is 15.7 Å². The molecular formula is C12H17ClN2O. The summed E-state index contributed by atoms with van der Waals surface area (Å²) < 4.78 is 0. The fourth-order valence-electron chi connectivity index (χ4n) is 2.17. The van der Waals surface area contributed by atoms with E-state index in [2.05, 4.69) is 4.90 Å². The van der Waals surface area contributed by atoms with Gasteiger partial charge in [-0.15, -0.1) is 0 Å². The minimum Gasteiger partial charge on any atom is -0.397 e. The van der Waals surface area contributed by atoms with Crippen molar-refractivity contribution in [2.75, 3.05) is 30.3 Å². The lowest BCUT2D eigenvalue weighted by atomic mass is 9.97. The number of halogens is 1. The number of aliphatic hydroxyl groups excluding tert-OH is 1. The molecule has 1 saturated heterocycles. The van der Waals surface area contributed by atoms with Gasteiger partial charge in [-0.3, -0.25) is 0 Å². The van der Waals surface area contributed by atoms with Crippen molar-refractivity contribution < 1.29 is 5.11 Å². The quantitative estimate of drug-likeness (QED) is 0.779. The van der Waals surface area contributed by atoms with E-state index in [9.17, 15) is 0 Å². The van der Waals surface area contributed by atoms with Crippen LogP contribution in [0.5, 0.6) is 0 Å². The molecule has 0 saturated carbocycles. The van der Waals surface area contributed by atoms with Gasteiger partial charge in [0.2, 0.25) is 0 Å².